The second kappa shape index (κ2) is 11.2. The number of hydrogen-bond donors (Lipinski definition) is 1. The van der Waals surface area contributed by atoms with Crippen molar-refractivity contribution < 1.29 is 14.3 Å². The van der Waals surface area contributed by atoms with Gasteiger partial charge in [0.15, 0.2) is 0 Å². The zero-order valence-electron chi connectivity index (χ0n) is 17.4. The molecule has 1 N–H and O–H groups in total. The summed E-state index contributed by atoms with van der Waals surface area (Å²) < 4.78 is 6.15. The number of methoxy groups -OCH3 is 1. The summed E-state index contributed by atoms with van der Waals surface area (Å²) in [4.78, 5) is 26.7. The summed E-state index contributed by atoms with van der Waals surface area (Å²) in [5.74, 6) is 1.06. The molecule has 2 aromatic carbocycles. The Balaban J connectivity index is 1.36. The van der Waals surface area contributed by atoms with Gasteiger partial charge in [-0.2, -0.15) is 0 Å². The fourth-order valence-electron chi connectivity index (χ4n) is 3.75. The number of hydrogen-bond acceptors (Lipinski definition) is 3. The molecule has 6 heteroatoms. The minimum Gasteiger partial charge on any atom is -0.496 e. The SMILES string of the molecule is COc1ccc(CCC(=O)N2CCC(NC(=O)CCc3ccccc3)CC2)cc1Br. The van der Waals surface area contributed by atoms with E-state index in [2.05, 4.69) is 21.2 Å². The number of piperidine rings is 1. The summed E-state index contributed by atoms with van der Waals surface area (Å²) in [5.41, 5.74) is 2.29. The molecule has 1 heterocycles. The van der Waals surface area contributed by atoms with Crippen LogP contribution in [-0.4, -0.2) is 43.0 Å². The summed E-state index contributed by atoms with van der Waals surface area (Å²) >= 11 is 3.49. The van der Waals surface area contributed by atoms with Gasteiger partial charge in [0.25, 0.3) is 0 Å². The van der Waals surface area contributed by atoms with E-state index in [1.54, 1.807) is 7.11 Å². The average molecular weight is 473 g/mol. The molecule has 160 valence electrons. The van der Waals surface area contributed by atoms with Crippen molar-refractivity contribution in [2.75, 3.05) is 20.2 Å². The van der Waals surface area contributed by atoms with Crippen molar-refractivity contribution in [3.05, 3.63) is 64.1 Å². The zero-order valence-corrected chi connectivity index (χ0v) is 19.0. The number of ether oxygens (including phenoxy) is 1. The van der Waals surface area contributed by atoms with E-state index >= 15 is 0 Å². The van der Waals surface area contributed by atoms with Crippen molar-refractivity contribution in [1.82, 2.24) is 10.2 Å². The quantitative estimate of drug-likeness (QED) is 0.628. The minimum absolute atomic E-state index is 0.0914. The van der Waals surface area contributed by atoms with Gasteiger partial charge in [-0.3, -0.25) is 9.59 Å². The first-order valence-corrected chi connectivity index (χ1v) is 11.3. The van der Waals surface area contributed by atoms with Gasteiger partial charge < -0.3 is 15.0 Å². The second-order valence-corrected chi connectivity index (χ2v) is 8.53. The molecule has 1 fully saturated rings. The Morgan fingerprint density at radius 2 is 1.73 bits per heavy atom. The maximum absolute atomic E-state index is 12.6. The molecule has 0 unspecified atom stereocenters. The van der Waals surface area contributed by atoms with Gasteiger partial charge in [-0.25, -0.2) is 0 Å². The molecule has 0 radical (unpaired) electrons. The predicted molar refractivity (Wildman–Crippen MR) is 122 cm³/mol. The molecule has 5 nitrogen and oxygen atoms in total. The summed E-state index contributed by atoms with van der Waals surface area (Å²) in [6.07, 6.45) is 4.09. The highest BCUT2D eigenvalue weighted by Gasteiger charge is 2.23. The van der Waals surface area contributed by atoms with E-state index < -0.39 is 0 Å². The van der Waals surface area contributed by atoms with E-state index in [1.165, 1.54) is 5.56 Å². The van der Waals surface area contributed by atoms with Crippen molar-refractivity contribution in [3.8, 4) is 5.75 Å². The molecule has 0 atom stereocenters. The molecule has 0 bridgehead atoms. The van der Waals surface area contributed by atoms with E-state index in [1.807, 2.05) is 53.4 Å². The number of carbonyl (C=O) groups is 2. The first-order valence-electron chi connectivity index (χ1n) is 10.5. The van der Waals surface area contributed by atoms with Crippen LogP contribution in [0.2, 0.25) is 0 Å². The Hall–Kier alpha value is -2.34. The third kappa shape index (κ3) is 6.59. The molecule has 2 aromatic rings. The number of aryl methyl sites for hydroxylation is 2. The molecular weight excluding hydrogens is 444 g/mol. The Bertz CT molecular complexity index is 849. The number of rotatable bonds is 8. The van der Waals surface area contributed by atoms with Crippen molar-refractivity contribution in [1.29, 1.82) is 0 Å². The van der Waals surface area contributed by atoms with Crippen LogP contribution < -0.4 is 10.1 Å². The molecule has 0 spiro atoms. The predicted octanol–water partition coefficient (Wildman–Crippen LogP) is 4.13. The number of carbonyl (C=O) groups excluding carboxylic acids is 2. The van der Waals surface area contributed by atoms with E-state index in [9.17, 15) is 9.59 Å². The summed E-state index contributed by atoms with van der Waals surface area (Å²) in [6.45, 7) is 1.41. The van der Waals surface area contributed by atoms with Crippen LogP contribution in [0.4, 0.5) is 0 Å². The first kappa shape index (κ1) is 22.3. The molecule has 0 aliphatic carbocycles. The standard InChI is InChI=1S/C24H29BrN2O3/c1-30-22-10-7-19(17-21(22)25)9-12-24(29)27-15-13-20(14-16-27)26-23(28)11-8-18-5-3-2-4-6-18/h2-7,10,17,20H,8-9,11-16H2,1H3,(H,26,28). The van der Waals surface area contributed by atoms with Crippen molar-refractivity contribution in [2.24, 2.45) is 0 Å². The average Bonchev–Trinajstić information content (AvgIpc) is 2.77. The molecule has 3 rings (SSSR count). The van der Waals surface area contributed by atoms with Crippen LogP contribution in [0.25, 0.3) is 0 Å². The molecule has 1 aliphatic rings. The molecule has 1 saturated heterocycles. The van der Waals surface area contributed by atoms with Gasteiger partial charge in [0.2, 0.25) is 11.8 Å². The van der Waals surface area contributed by atoms with Crippen LogP contribution in [-0.2, 0) is 22.4 Å². The Morgan fingerprint density at radius 3 is 2.40 bits per heavy atom. The topological polar surface area (TPSA) is 58.6 Å². The third-order valence-electron chi connectivity index (χ3n) is 5.54. The van der Waals surface area contributed by atoms with Gasteiger partial charge >= 0.3 is 0 Å². The number of benzene rings is 2. The summed E-state index contributed by atoms with van der Waals surface area (Å²) in [7, 11) is 1.64. The molecule has 30 heavy (non-hydrogen) atoms. The van der Waals surface area contributed by atoms with Crippen molar-refractivity contribution in [3.63, 3.8) is 0 Å². The maximum atomic E-state index is 12.6. The van der Waals surface area contributed by atoms with E-state index in [4.69, 9.17) is 4.74 Å². The normalized spacial score (nSPS) is 14.4. The highest BCUT2D eigenvalue weighted by molar-refractivity contribution is 9.10. The lowest BCUT2D eigenvalue weighted by atomic mass is 10.0. The molecule has 0 aromatic heterocycles. The van der Waals surface area contributed by atoms with Gasteiger partial charge in [0.1, 0.15) is 5.75 Å². The van der Waals surface area contributed by atoms with Crippen molar-refractivity contribution >= 4 is 27.7 Å². The van der Waals surface area contributed by atoms with Crippen LogP contribution in [0.3, 0.4) is 0 Å². The third-order valence-corrected chi connectivity index (χ3v) is 6.16. The fourth-order valence-corrected chi connectivity index (χ4v) is 4.34. The minimum atomic E-state index is 0.0914. The largest absolute Gasteiger partial charge is 0.496 e. The van der Waals surface area contributed by atoms with Crippen LogP contribution in [0.15, 0.2) is 53.0 Å². The van der Waals surface area contributed by atoms with Crippen molar-refractivity contribution in [2.45, 2.75) is 44.6 Å². The Labute approximate surface area is 186 Å². The fraction of sp³-hybridized carbons (Fsp3) is 0.417. The highest BCUT2D eigenvalue weighted by Crippen LogP contribution is 2.26. The number of halogens is 1. The van der Waals surface area contributed by atoms with E-state index in [0.29, 0.717) is 32.4 Å². The smallest absolute Gasteiger partial charge is 0.222 e. The molecule has 0 saturated carbocycles. The van der Waals surface area contributed by atoms with Gasteiger partial charge in [0.05, 0.1) is 11.6 Å². The maximum Gasteiger partial charge on any atom is 0.222 e. The molecule has 2 amide bonds. The zero-order chi connectivity index (χ0) is 21.3. The van der Waals surface area contributed by atoms with E-state index in [-0.39, 0.29) is 17.9 Å². The Kier molecular flexibility index (Phi) is 8.31. The monoisotopic (exact) mass is 472 g/mol. The van der Waals surface area contributed by atoms with Crippen LogP contribution in [0.5, 0.6) is 5.75 Å². The lowest BCUT2D eigenvalue weighted by Gasteiger charge is -2.32. The number of likely N-dealkylation sites (tertiary alicyclic amines) is 1. The van der Waals surface area contributed by atoms with E-state index in [0.717, 1.165) is 35.0 Å². The number of amides is 2. The second-order valence-electron chi connectivity index (χ2n) is 7.68. The number of nitrogens with zero attached hydrogens (tertiary/aromatic N) is 1. The highest BCUT2D eigenvalue weighted by atomic mass is 79.9. The van der Waals surface area contributed by atoms with Crippen LogP contribution in [0.1, 0.15) is 36.8 Å². The summed E-state index contributed by atoms with van der Waals surface area (Å²) in [6, 6.07) is 16.1. The van der Waals surface area contributed by atoms with Crippen LogP contribution in [0, 0.1) is 0 Å². The lowest BCUT2D eigenvalue weighted by Crippen LogP contribution is -2.46. The van der Waals surface area contributed by atoms with Gasteiger partial charge in [-0.1, -0.05) is 36.4 Å². The first-order chi connectivity index (χ1) is 14.5. The van der Waals surface area contributed by atoms with Gasteiger partial charge in [-0.05, 0) is 64.9 Å². The van der Waals surface area contributed by atoms with Gasteiger partial charge in [-0.15, -0.1) is 0 Å². The Morgan fingerprint density at radius 1 is 1.03 bits per heavy atom. The lowest BCUT2D eigenvalue weighted by molar-refractivity contribution is -0.132. The molecule has 1 aliphatic heterocycles. The number of nitrogens with one attached hydrogen (secondary N) is 1. The van der Waals surface area contributed by atoms with Crippen LogP contribution >= 0.6 is 15.9 Å². The molecular formula is C24H29BrN2O3. The summed E-state index contributed by atoms with van der Waals surface area (Å²) in [5, 5.41) is 3.13. The van der Waals surface area contributed by atoms with Gasteiger partial charge in [0, 0.05) is 32.0 Å².